The lowest BCUT2D eigenvalue weighted by Crippen LogP contribution is -1.94. The van der Waals surface area contributed by atoms with Crippen LogP contribution in [0.15, 0.2) is 12.3 Å². The Labute approximate surface area is 65.4 Å². The number of rotatable bonds is 2. The second kappa shape index (κ2) is 2.49. The van der Waals surface area contributed by atoms with Gasteiger partial charge in [0.1, 0.15) is 0 Å². The van der Waals surface area contributed by atoms with Gasteiger partial charge in [-0.15, -0.1) is 0 Å². The summed E-state index contributed by atoms with van der Waals surface area (Å²) in [5, 5.41) is 0. The van der Waals surface area contributed by atoms with Crippen LogP contribution in [-0.2, 0) is 0 Å². The van der Waals surface area contributed by atoms with Crippen LogP contribution in [0, 0.1) is 0 Å². The lowest BCUT2D eigenvalue weighted by atomic mass is 10.3. The van der Waals surface area contributed by atoms with Crippen LogP contribution in [0.2, 0.25) is 0 Å². The maximum Gasteiger partial charge on any atom is 0.316 e. The molecule has 11 heavy (non-hydrogen) atoms. The molecule has 1 fully saturated rings. The third kappa shape index (κ3) is 1.31. The van der Waals surface area contributed by atoms with Gasteiger partial charge >= 0.3 is 6.01 Å². The Bertz CT molecular complexity index is 258. The Morgan fingerprint density at radius 3 is 3.00 bits per heavy atom. The zero-order valence-electron chi connectivity index (χ0n) is 6.45. The monoisotopic (exact) mass is 150 g/mol. The minimum Gasteiger partial charge on any atom is -0.467 e. The summed E-state index contributed by atoms with van der Waals surface area (Å²) in [5.74, 6) is 0.673. The quantitative estimate of drug-likeness (QED) is 0.638. The van der Waals surface area contributed by atoms with E-state index in [9.17, 15) is 0 Å². The van der Waals surface area contributed by atoms with Crippen LogP contribution >= 0.6 is 0 Å². The highest BCUT2D eigenvalue weighted by atomic mass is 16.5. The molecule has 1 aromatic rings. The molecule has 0 N–H and O–H groups in total. The summed E-state index contributed by atoms with van der Waals surface area (Å²) in [6, 6.07) is 2.44. The zero-order valence-corrected chi connectivity index (χ0v) is 6.45. The van der Waals surface area contributed by atoms with Crippen LogP contribution in [0.5, 0.6) is 6.01 Å². The van der Waals surface area contributed by atoms with E-state index in [2.05, 4.69) is 9.97 Å². The second-order valence-corrected chi connectivity index (χ2v) is 2.74. The minimum atomic E-state index is 0.481. The van der Waals surface area contributed by atoms with Crippen molar-refractivity contribution in [3.63, 3.8) is 0 Å². The predicted molar refractivity (Wildman–Crippen MR) is 40.6 cm³/mol. The standard InChI is InChI=1S/C8H10N2O/c1-11-8-9-5-4-7(10-8)6-2-3-6/h4-6H,2-3H2,1H3. The van der Waals surface area contributed by atoms with Crippen molar-refractivity contribution in [1.29, 1.82) is 0 Å². The highest BCUT2D eigenvalue weighted by Gasteiger charge is 2.25. The lowest BCUT2D eigenvalue weighted by molar-refractivity contribution is 0.378. The van der Waals surface area contributed by atoms with Crippen molar-refractivity contribution in [1.82, 2.24) is 9.97 Å². The van der Waals surface area contributed by atoms with Crippen LogP contribution < -0.4 is 4.74 Å². The van der Waals surface area contributed by atoms with E-state index in [1.807, 2.05) is 6.07 Å². The van der Waals surface area contributed by atoms with Crippen LogP contribution in [-0.4, -0.2) is 17.1 Å². The summed E-state index contributed by atoms with van der Waals surface area (Å²) in [4.78, 5) is 8.15. The maximum absolute atomic E-state index is 4.91. The normalized spacial score (nSPS) is 16.5. The first-order chi connectivity index (χ1) is 5.40. The molecule has 3 nitrogen and oxygen atoms in total. The molecule has 0 radical (unpaired) electrons. The Morgan fingerprint density at radius 1 is 1.55 bits per heavy atom. The molecule has 1 saturated carbocycles. The largest absolute Gasteiger partial charge is 0.467 e. The second-order valence-electron chi connectivity index (χ2n) is 2.74. The fourth-order valence-electron chi connectivity index (χ4n) is 1.06. The Hall–Kier alpha value is -1.12. The molecule has 1 heterocycles. The molecule has 3 heteroatoms. The number of ether oxygens (including phenoxy) is 1. The number of hydrogen-bond acceptors (Lipinski definition) is 3. The van der Waals surface area contributed by atoms with E-state index < -0.39 is 0 Å². The van der Waals surface area contributed by atoms with E-state index in [0.29, 0.717) is 11.9 Å². The molecule has 0 atom stereocenters. The van der Waals surface area contributed by atoms with E-state index in [1.54, 1.807) is 13.3 Å². The summed E-state index contributed by atoms with van der Waals surface area (Å²) in [7, 11) is 1.59. The third-order valence-electron chi connectivity index (χ3n) is 1.83. The van der Waals surface area contributed by atoms with Crippen molar-refractivity contribution in [2.45, 2.75) is 18.8 Å². The Morgan fingerprint density at radius 2 is 2.36 bits per heavy atom. The maximum atomic E-state index is 4.91. The average Bonchev–Trinajstić information content (AvgIpc) is 2.87. The van der Waals surface area contributed by atoms with E-state index in [1.165, 1.54) is 12.8 Å². The molecule has 2 rings (SSSR count). The summed E-state index contributed by atoms with van der Waals surface area (Å²) in [5.41, 5.74) is 1.12. The first kappa shape index (κ1) is 6.58. The number of methoxy groups -OCH3 is 1. The zero-order chi connectivity index (χ0) is 7.68. The van der Waals surface area contributed by atoms with Crippen molar-refractivity contribution in [2.75, 3.05) is 7.11 Å². The van der Waals surface area contributed by atoms with Gasteiger partial charge in [0.25, 0.3) is 0 Å². The van der Waals surface area contributed by atoms with Gasteiger partial charge in [-0.25, -0.2) is 4.98 Å². The summed E-state index contributed by atoms with van der Waals surface area (Å²) in [6.45, 7) is 0. The van der Waals surface area contributed by atoms with Crippen LogP contribution in [0.3, 0.4) is 0 Å². The van der Waals surface area contributed by atoms with Gasteiger partial charge in [0, 0.05) is 12.1 Å². The van der Waals surface area contributed by atoms with Gasteiger partial charge in [-0.2, -0.15) is 4.98 Å². The van der Waals surface area contributed by atoms with Gasteiger partial charge in [0.15, 0.2) is 0 Å². The van der Waals surface area contributed by atoms with Crippen molar-refractivity contribution in [3.8, 4) is 6.01 Å². The lowest BCUT2D eigenvalue weighted by Gasteiger charge is -1.98. The molecule has 0 saturated heterocycles. The fraction of sp³-hybridized carbons (Fsp3) is 0.500. The molecule has 0 bridgehead atoms. The minimum absolute atomic E-state index is 0.481. The van der Waals surface area contributed by atoms with Crippen molar-refractivity contribution in [2.24, 2.45) is 0 Å². The molecule has 0 unspecified atom stereocenters. The Kier molecular flexibility index (Phi) is 1.49. The molecule has 0 aliphatic heterocycles. The summed E-state index contributed by atoms with van der Waals surface area (Å²) < 4.78 is 4.91. The first-order valence-corrected chi connectivity index (χ1v) is 3.77. The van der Waals surface area contributed by atoms with E-state index in [4.69, 9.17) is 4.74 Å². The number of nitrogens with zero attached hydrogens (tertiary/aromatic N) is 2. The van der Waals surface area contributed by atoms with Gasteiger partial charge in [-0.3, -0.25) is 0 Å². The third-order valence-corrected chi connectivity index (χ3v) is 1.83. The fourth-order valence-corrected chi connectivity index (χ4v) is 1.06. The number of hydrogen-bond donors (Lipinski definition) is 0. The van der Waals surface area contributed by atoms with Gasteiger partial charge in [-0.05, 0) is 18.9 Å². The summed E-state index contributed by atoms with van der Waals surface area (Å²) in [6.07, 6.45) is 4.28. The molecule has 1 aromatic heterocycles. The molecule has 0 aromatic carbocycles. The molecule has 1 aliphatic rings. The molecule has 58 valence electrons. The molecular weight excluding hydrogens is 140 g/mol. The van der Waals surface area contributed by atoms with Gasteiger partial charge in [-0.1, -0.05) is 0 Å². The van der Waals surface area contributed by atoms with Crippen LogP contribution in [0.25, 0.3) is 0 Å². The van der Waals surface area contributed by atoms with Gasteiger partial charge < -0.3 is 4.74 Å². The van der Waals surface area contributed by atoms with Crippen molar-refractivity contribution in [3.05, 3.63) is 18.0 Å². The predicted octanol–water partition coefficient (Wildman–Crippen LogP) is 1.36. The molecule has 0 amide bonds. The molecular formula is C8H10N2O. The van der Waals surface area contributed by atoms with Gasteiger partial charge in [0.2, 0.25) is 0 Å². The first-order valence-electron chi connectivity index (χ1n) is 3.77. The van der Waals surface area contributed by atoms with E-state index in [-0.39, 0.29) is 0 Å². The molecule has 0 spiro atoms. The SMILES string of the molecule is COc1nccc(C2CC2)n1. The van der Waals surface area contributed by atoms with Gasteiger partial charge in [0.05, 0.1) is 12.8 Å². The van der Waals surface area contributed by atoms with Crippen LogP contribution in [0.1, 0.15) is 24.5 Å². The topological polar surface area (TPSA) is 35.0 Å². The van der Waals surface area contributed by atoms with E-state index >= 15 is 0 Å². The highest BCUT2D eigenvalue weighted by Crippen LogP contribution is 2.38. The average molecular weight is 150 g/mol. The van der Waals surface area contributed by atoms with Crippen LogP contribution in [0.4, 0.5) is 0 Å². The smallest absolute Gasteiger partial charge is 0.316 e. The molecule has 1 aliphatic carbocycles. The summed E-state index contributed by atoms with van der Waals surface area (Å²) >= 11 is 0. The number of aromatic nitrogens is 2. The van der Waals surface area contributed by atoms with Crippen molar-refractivity contribution >= 4 is 0 Å². The Balaban J connectivity index is 2.26. The highest BCUT2D eigenvalue weighted by molar-refractivity contribution is 5.15. The van der Waals surface area contributed by atoms with E-state index in [0.717, 1.165) is 5.69 Å². The van der Waals surface area contributed by atoms with Crippen molar-refractivity contribution < 1.29 is 4.74 Å².